The fourth-order valence-corrected chi connectivity index (χ4v) is 5.28. The van der Waals surface area contributed by atoms with Crippen molar-refractivity contribution in [2.24, 2.45) is 0 Å². The minimum atomic E-state index is 0. The van der Waals surface area contributed by atoms with E-state index in [4.69, 9.17) is 0 Å². The van der Waals surface area contributed by atoms with Gasteiger partial charge in [-0.05, 0) is 118 Å². The van der Waals surface area contributed by atoms with Gasteiger partial charge in [0.25, 0.3) is 0 Å². The zero-order valence-electron chi connectivity index (χ0n) is 32.6. The zero-order valence-corrected chi connectivity index (χ0v) is 32.6. The number of hydrogen-bond donors (Lipinski definition) is 1. The van der Waals surface area contributed by atoms with Gasteiger partial charge in [0.15, 0.2) is 0 Å². The minimum absolute atomic E-state index is 0. The first-order valence-corrected chi connectivity index (χ1v) is 18.6. The van der Waals surface area contributed by atoms with Gasteiger partial charge in [-0.1, -0.05) is 129 Å². The number of pyridine rings is 2. The molecule has 0 bridgehead atoms. The second-order valence-electron chi connectivity index (χ2n) is 10.7. The Bertz CT molecular complexity index is 1430. The van der Waals surface area contributed by atoms with Crippen LogP contribution in [-0.4, -0.2) is 16.5 Å². The summed E-state index contributed by atoms with van der Waals surface area (Å²) in [5.74, 6) is 0. The van der Waals surface area contributed by atoms with Gasteiger partial charge in [0.1, 0.15) is 0 Å². The van der Waals surface area contributed by atoms with E-state index < -0.39 is 0 Å². The Morgan fingerprint density at radius 1 is 0.490 bits per heavy atom. The fraction of sp³-hybridized carbons (Fsp3) is 0.435. The Morgan fingerprint density at radius 3 is 1.67 bits per heavy atom. The zero-order chi connectivity index (χ0) is 36.2. The fourth-order valence-electron chi connectivity index (χ4n) is 5.28. The number of aromatic nitrogens is 2. The first-order valence-electron chi connectivity index (χ1n) is 18.6. The van der Waals surface area contributed by atoms with Crippen LogP contribution in [0.2, 0.25) is 0 Å². The molecule has 0 saturated heterocycles. The monoisotopic (exact) mass is 666 g/mol. The Hall–Kier alpha value is -3.98. The van der Waals surface area contributed by atoms with Crippen LogP contribution in [0.25, 0.3) is 10.9 Å². The Labute approximate surface area is 303 Å². The summed E-state index contributed by atoms with van der Waals surface area (Å²) in [4.78, 5) is 8.62. The summed E-state index contributed by atoms with van der Waals surface area (Å²) in [5, 5.41) is 4.65. The van der Waals surface area contributed by atoms with E-state index >= 15 is 0 Å². The first kappa shape index (κ1) is 47.1. The van der Waals surface area contributed by atoms with Crippen LogP contribution in [0, 0.1) is 27.7 Å². The number of nitrogens with zero attached hydrogens (tertiary/aromatic N) is 2. The highest BCUT2D eigenvalue weighted by molar-refractivity contribution is 5.81. The van der Waals surface area contributed by atoms with Gasteiger partial charge in [-0.2, -0.15) is 0 Å². The quantitative estimate of drug-likeness (QED) is 0.179. The van der Waals surface area contributed by atoms with Crippen LogP contribution in [0.3, 0.4) is 0 Å². The molecule has 5 aromatic rings. The maximum absolute atomic E-state index is 4.38. The van der Waals surface area contributed by atoms with Gasteiger partial charge in [0, 0.05) is 35.7 Å². The molecule has 0 radical (unpaired) electrons. The number of nitrogens with one attached hydrogen (secondary N) is 1. The molecule has 3 aromatic carbocycles. The normalized spacial score (nSPS) is 11.1. The molecular weight excluding hydrogens is 595 g/mol. The molecule has 0 fully saturated rings. The summed E-state index contributed by atoms with van der Waals surface area (Å²) < 4.78 is 0. The number of fused-ring (bicyclic) bond motifs is 3. The molecule has 0 saturated carbocycles. The Kier molecular flexibility index (Phi) is 29.0. The van der Waals surface area contributed by atoms with E-state index in [1.54, 1.807) is 0 Å². The molecule has 0 spiro atoms. The van der Waals surface area contributed by atoms with Crippen molar-refractivity contribution in [2.75, 3.05) is 11.9 Å². The van der Waals surface area contributed by atoms with Gasteiger partial charge in [0.2, 0.25) is 0 Å². The molecule has 49 heavy (non-hydrogen) atoms. The van der Waals surface area contributed by atoms with Crippen molar-refractivity contribution >= 4 is 16.6 Å². The van der Waals surface area contributed by atoms with E-state index in [0.717, 1.165) is 12.1 Å². The molecule has 2 aliphatic rings. The van der Waals surface area contributed by atoms with E-state index in [2.05, 4.69) is 91.5 Å². The van der Waals surface area contributed by atoms with Gasteiger partial charge < -0.3 is 5.32 Å². The second-order valence-corrected chi connectivity index (χ2v) is 10.7. The smallest absolute Gasteiger partial charge is 0.0704 e. The van der Waals surface area contributed by atoms with Crippen LogP contribution < -0.4 is 5.32 Å². The highest BCUT2D eigenvalue weighted by Gasteiger charge is 2.11. The van der Waals surface area contributed by atoms with Crippen LogP contribution in [0.15, 0.2) is 97.3 Å². The molecule has 270 valence electrons. The first-order chi connectivity index (χ1) is 23.5. The van der Waals surface area contributed by atoms with Crippen molar-refractivity contribution < 1.29 is 0 Å². The maximum atomic E-state index is 4.38. The summed E-state index contributed by atoms with van der Waals surface area (Å²) >= 11 is 0. The van der Waals surface area contributed by atoms with Crippen LogP contribution in [0.4, 0.5) is 5.69 Å². The second kappa shape index (κ2) is 30.1. The lowest BCUT2D eigenvalue weighted by Crippen LogP contribution is -2.12. The van der Waals surface area contributed by atoms with Crippen LogP contribution in [0.1, 0.15) is 121 Å². The third-order valence-corrected chi connectivity index (χ3v) is 7.60. The Balaban J connectivity index is 0. The maximum Gasteiger partial charge on any atom is 0.0704 e. The lowest BCUT2D eigenvalue weighted by Gasteiger charge is -2.19. The summed E-state index contributed by atoms with van der Waals surface area (Å²) in [6, 6.07) is 29.1. The highest BCUT2D eigenvalue weighted by atomic mass is 14.9. The summed E-state index contributed by atoms with van der Waals surface area (Å²) in [6.45, 7) is 25.7. The molecule has 1 aliphatic carbocycles. The number of aryl methyl sites for hydroxylation is 5. The van der Waals surface area contributed by atoms with Gasteiger partial charge in [-0.15, -0.1) is 0 Å². The molecule has 0 atom stereocenters. The lowest BCUT2D eigenvalue weighted by atomic mass is 9.93. The number of hydrogen-bond acceptors (Lipinski definition) is 3. The van der Waals surface area contributed by atoms with E-state index in [9.17, 15) is 0 Å². The third-order valence-electron chi connectivity index (χ3n) is 7.60. The largest absolute Gasteiger partial charge is 0.385 e. The lowest BCUT2D eigenvalue weighted by molar-refractivity contribution is 0.664. The molecule has 3 heteroatoms. The molecule has 1 N–H and O–H groups in total. The molecule has 3 nitrogen and oxygen atoms in total. The summed E-state index contributed by atoms with van der Waals surface area (Å²) in [7, 11) is 0. The molecule has 0 unspecified atom stereocenters. The number of anilines is 1. The number of rotatable bonds is 0. The van der Waals surface area contributed by atoms with Crippen molar-refractivity contribution in [1.82, 2.24) is 9.97 Å². The highest BCUT2D eigenvalue weighted by Crippen LogP contribution is 2.24. The van der Waals surface area contributed by atoms with Crippen LogP contribution in [0.5, 0.6) is 0 Å². The van der Waals surface area contributed by atoms with Gasteiger partial charge in [-0.25, -0.2) is 0 Å². The predicted octanol–water partition coefficient (Wildman–Crippen LogP) is 13.9. The molecule has 3 heterocycles. The van der Waals surface area contributed by atoms with Gasteiger partial charge >= 0.3 is 0 Å². The summed E-state index contributed by atoms with van der Waals surface area (Å²) in [5.41, 5.74) is 12.3. The van der Waals surface area contributed by atoms with E-state index in [1.807, 2.05) is 104 Å². The molecule has 2 aromatic heterocycles. The van der Waals surface area contributed by atoms with E-state index in [-0.39, 0.29) is 7.43 Å². The minimum Gasteiger partial charge on any atom is -0.385 e. The topological polar surface area (TPSA) is 37.8 Å². The standard InChI is InChI=1S/C10H13N.C10H9N.C10H13N.C7H8.4C2H6.CH4/c2*1-8-4-2-6-10-9(8)5-3-7-11-10;1-8-6-7-11-10-5-3-2-4-9(8)10;1-7-5-3-2-4-6-7;4*1-2;/h2,4,6,11H,3,5,7H2,1H3;2-7H,1H3;6-7H,2-5H2,1H3;2-6H,1H3;4*1-2H3;1H4. The predicted molar refractivity (Wildman–Crippen MR) is 223 cm³/mol. The average Bonchev–Trinajstić information content (AvgIpc) is 3.17. The van der Waals surface area contributed by atoms with E-state index in [1.165, 1.54) is 88.7 Å². The molecule has 0 amide bonds. The molecule has 1 aliphatic heterocycles. The molecule has 7 rings (SSSR count). The van der Waals surface area contributed by atoms with Crippen molar-refractivity contribution in [2.45, 2.75) is 129 Å². The van der Waals surface area contributed by atoms with Crippen molar-refractivity contribution in [3.8, 4) is 0 Å². The van der Waals surface area contributed by atoms with E-state index in [0.29, 0.717) is 0 Å². The number of benzene rings is 3. The average molecular weight is 666 g/mol. The van der Waals surface area contributed by atoms with Gasteiger partial charge in [0.05, 0.1) is 5.52 Å². The van der Waals surface area contributed by atoms with Crippen molar-refractivity contribution in [3.63, 3.8) is 0 Å². The van der Waals surface area contributed by atoms with Crippen molar-refractivity contribution in [3.05, 3.63) is 136 Å². The SMILES string of the molecule is C.CC.CC.CC.CC.Cc1cccc2c1CCCN2.Cc1cccc2ncccc12.Cc1ccccc1.Cc1ccnc2c1CCCC2. The van der Waals surface area contributed by atoms with Crippen molar-refractivity contribution in [1.29, 1.82) is 0 Å². The van der Waals surface area contributed by atoms with Crippen LogP contribution in [-0.2, 0) is 19.3 Å². The molecular formula is C46H71N3. The third kappa shape index (κ3) is 17.3. The Morgan fingerprint density at radius 2 is 1.08 bits per heavy atom. The van der Waals surface area contributed by atoms with Crippen LogP contribution >= 0.6 is 0 Å². The summed E-state index contributed by atoms with van der Waals surface area (Å²) in [6.07, 6.45) is 11.4. The van der Waals surface area contributed by atoms with Gasteiger partial charge in [-0.3, -0.25) is 9.97 Å².